The van der Waals surface area contributed by atoms with Gasteiger partial charge in [0.2, 0.25) is 0 Å². The lowest BCUT2D eigenvalue weighted by Crippen LogP contribution is -2.41. The van der Waals surface area contributed by atoms with Crippen LogP contribution in [0.1, 0.15) is 37.4 Å². The highest BCUT2D eigenvalue weighted by atomic mass is 79.9. The Morgan fingerprint density at radius 2 is 2.07 bits per heavy atom. The normalized spacial score (nSPS) is 13.7. The minimum absolute atomic E-state index is 0.00752. The molecular formula is C11H16BrNOS. The fraction of sp³-hybridized carbons (Fsp3) is 0.545. The average molecular weight is 290 g/mol. The molecule has 0 unspecified atom stereocenters. The smallest absolute Gasteiger partial charge is 0.261 e. The van der Waals surface area contributed by atoms with Crippen molar-refractivity contribution in [2.45, 2.75) is 33.7 Å². The number of nitrogens with one attached hydrogen (secondary N) is 1. The lowest BCUT2D eigenvalue weighted by atomic mass is 9.88. The summed E-state index contributed by atoms with van der Waals surface area (Å²) < 4.78 is 0.982. The van der Waals surface area contributed by atoms with Crippen LogP contribution in [0.15, 0.2) is 15.9 Å². The molecule has 1 rings (SSSR count). The summed E-state index contributed by atoms with van der Waals surface area (Å²) in [5, 5.41) is 3.00. The molecule has 84 valence electrons. The minimum Gasteiger partial charge on any atom is -0.348 e. The molecule has 0 aliphatic carbocycles. The van der Waals surface area contributed by atoms with E-state index in [0.717, 1.165) is 8.66 Å². The van der Waals surface area contributed by atoms with Gasteiger partial charge < -0.3 is 5.32 Å². The SMILES string of the molecule is C[C@@H](NC(=O)c1ccc(Br)s1)C(C)(C)C. The van der Waals surface area contributed by atoms with E-state index in [9.17, 15) is 4.79 Å². The van der Waals surface area contributed by atoms with Crippen LogP contribution in [0, 0.1) is 5.41 Å². The van der Waals surface area contributed by atoms with Crippen molar-refractivity contribution < 1.29 is 4.79 Å². The number of thiophene rings is 1. The van der Waals surface area contributed by atoms with Gasteiger partial charge in [-0.05, 0) is 40.4 Å². The summed E-state index contributed by atoms with van der Waals surface area (Å²) in [5.74, 6) is 0.00752. The van der Waals surface area contributed by atoms with Crippen LogP contribution < -0.4 is 5.32 Å². The zero-order chi connectivity index (χ0) is 11.6. The second-order valence-electron chi connectivity index (χ2n) is 4.66. The highest BCUT2D eigenvalue weighted by Crippen LogP contribution is 2.23. The fourth-order valence-corrected chi connectivity index (χ4v) is 2.21. The molecule has 2 nitrogen and oxygen atoms in total. The first-order valence-corrected chi connectivity index (χ1v) is 6.48. The molecule has 0 aliphatic heterocycles. The molecule has 1 atom stereocenters. The molecular weight excluding hydrogens is 274 g/mol. The molecule has 0 saturated heterocycles. The van der Waals surface area contributed by atoms with Crippen molar-refractivity contribution in [2.24, 2.45) is 5.41 Å². The van der Waals surface area contributed by atoms with Gasteiger partial charge in [0.25, 0.3) is 5.91 Å². The van der Waals surface area contributed by atoms with E-state index in [1.165, 1.54) is 11.3 Å². The highest BCUT2D eigenvalue weighted by Gasteiger charge is 2.22. The van der Waals surface area contributed by atoms with Gasteiger partial charge in [-0.15, -0.1) is 11.3 Å². The van der Waals surface area contributed by atoms with Crippen LogP contribution in [0.5, 0.6) is 0 Å². The molecule has 15 heavy (non-hydrogen) atoms. The third kappa shape index (κ3) is 3.61. The maximum atomic E-state index is 11.8. The number of rotatable bonds is 2. The standard InChI is InChI=1S/C11H16BrNOS/c1-7(11(2,3)4)13-10(14)8-5-6-9(12)15-8/h5-7H,1-4H3,(H,13,14)/t7-/m1/s1. The van der Waals surface area contributed by atoms with E-state index < -0.39 is 0 Å². The number of amides is 1. The summed E-state index contributed by atoms with van der Waals surface area (Å²) in [5.41, 5.74) is 0.0875. The summed E-state index contributed by atoms with van der Waals surface area (Å²) in [7, 11) is 0. The van der Waals surface area contributed by atoms with Gasteiger partial charge in [0, 0.05) is 6.04 Å². The third-order valence-corrected chi connectivity index (χ3v) is 4.07. The van der Waals surface area contributed by atoms with Crippen LogP contribution in [0.3, 0.4) is 0 Å². The summed E-state index contributed by atoms with van der Waals surface area (Å²) in [6.45, 7) is 8.37. The van der Waals surface area contributed by atoms with E-state index in [4.69, 9.17) is 0 Å². The van der Waals surface area contributed by atoms with Crippen molar-refractivity contribution in [1.82, 2.24) is 5.32 Å². The second-order valence-corrected chi connectivity index (χ2v) is 7.13. The van der Waals surface area contributed by atoms with Gasteiger partial charge >= 0.3 is 0 Å². The van der Waals surface area contributed by atoms with E-state index in [0.29, 0.717) is 0 Å². The van der Waals surface area contributed by atoms with Crippen LogP contribution in [-0.2, 0) is 0 Å². The predicted octanol–water partition coefficient (Wildman–Crippen LogP) is 3.68. The van der Waals surface area contributed by atoms with E-state index >= 15 is 0 Å². The molecule has 1 aromatic heterocycles. The fourth-order valence-electron chi connectivity index (χ4n) is 0.921. The lowest BCUT2D eigenvalue weighted by Gasteiger charge is -2.27. The molecule has 1 aromatic rings. The molecule has 0 aromatic carbocycles. The van der Waals surface area contributed by atoms with Gasteiger partial charge in [0.1, 0.15) is 0 Å². The van der Waals surface area contributed by atoms with Crippen LogP contribution >= 0.6 is 27.3 Å². The Kier molecular flexibility index (Phi) is 3.95. The third-order valence-electron chi connectivity index (χ3n) is 2.44. The van der Waals surface area contributed by atoms with Crippen molar-refractivity contribution in [2.75, 3.05) is 0 Å². The Hall–Kier alpha value is -0.350. The number of carbonyl (C=O) groups excluding carboxylic acids is 1. The highest BCUT2D eigenvalue weighted by molar-refractivity contribution is 9.11. The molecule has 0 bridgehead atoms. The first kappa shape index (κ1) is 12.7. The summed E-state index contributed by atoms with van der Waals surface area (Å²) in [4.78, 5) is 12.5. The number of halogens is 1. The molecule has 1 heterocycles. The molecule has 0 saturated carbocycles. The van der Waals surface area contributed by atoms with Crippen molar-refractivity contribution in [3.63, 3.8) is 0 Å². The van der Waals surface area contributed by atoms with E-state index in [2.05, 4.69) is 42.0 Å². The quantitative estimate of drug-likeness (QED) is 0.884. The Bertz CT molecular complexity index is 354. The van der Waals surface area contributed by atoms with Crippen molar-refractivity contribution >= 4 is 33.2 Å². The summed E-state index contributed by atoms with van der Waals surface area (Å²) in [6, 6.07) is 3.88. The Morgan fingerprint density at radius 1 is 1.47 bits per heavy atom. The van der Waals surface area contributed by atoms with Gasteiger partial charge in [-0.1, -0.05) is 20.8 Å². The molecule has 0 spiro atoms. The number of carbonyl (C=O) groups is 1. The average Bonchev–Trinajstić information content (AvgIpc) is 2.50. The zero-order valence-electron chi connectivity index (χ0n) is 9.43. The first-order chi connectivity index (χ1) is 6.80. The van der Waals surface area contributed by atoms with Gasteiger partial charge in [-0.3, -0.25) is 4.79 Å². The summed E-state index contributed by atoms with van der Waals surface area (Å²) >= 11 is 4.80. The van der Waals surface area contributed by atoms with E-state index in [1.807, 2.05) is 19.1 Å². The van der Waals surface area contributed by atoms with E-state index in [1.54, 1.807) is 0 Å². The lowest BCUT2D eigenvalue weighted by molar-refractivity contribution is 0.0914. The van der Waals surface area contributed by atoms with Gasteiger partial charge in [0.15, 0.2) is 0 Å². The van der Waals surface area contributed by atoms with Crippen LogP contribution in [0.25, 0.3) is 0 Å². The summed E-state index contributed by atoms with van der Waals surface area (Å²) in [6.07, 6.45) is 0. The van der Waals surface area contributed by atoms with Gasteiger partial charge in [-0.2, -0.15) is 0 Å². The Balaban J connectivity index is 2.64. The molecule has 0 radical (unpaired) electrons. The number of hydrogen-bond acceptors (Lipinski definition) is 2. The minimum atomic E-state index is 0.00752. The molecule has 4 heteroatoms. The maximum absolute atomic E-state index is 11.8. The molecule has 1 N–H and O–H groups in total. The molecule has 0 fully saturated rings. The van der Waals surface area contributed by atoms with Gasteiger partial charge in [-0.25, -0.2) is 0 Å². The van der Waals surface area contributed by atoms with Crippen molar-refractivity contribution in [3.8, 4) is 0 Å². The largest absolute Gasteiger partial charge is 0.348 e. The topological polar surface area (TPSA) is 29.1 Å². The molecule has 1 amide bonds. The predicted molar refractivity (Wildman–Crippen MR) is 68.4 cm³/mol. The Morgan fingerprint density at radius 3 is 2.47 bits per heavy atom. The van der Waals surface area contributed by atoms with Crippen LogP contribution in [-0.4, -0.2) is 11.9 Å². The Labute approximate surface area is 103 Å². The monoisotopic (exact) mass is 289 g/mol. The van der Waals surface area contributed by atoms with Crippen LogP contribution in [0.2, 0.25) is 0 Å². The van der Waals surface area contributed by atoms with Crippen molar-refractivity contribution in [3.05, 3.63) is 20.8 Å². The second kappa shape index (κ2) is 4.66. The maximum Gasteiger partial charge on any atom is 0.261 e. The van der Waals surface area contributed by atoms with Crippen LogP contribution in [0.4, 0.5) is 0 Å². The molecule has 0 aliphatic rings. The first-order valence-electron chi connectivity index (χ1n) is 4.87. The number of hydrogen-bond donors (Lipinski definition) is 1. The zero-order valence-corrected chi connectivity index (χ0v) is 11.8. The van der Waals surface area contributed by atoms with Gasteiger partial charge in [0.05, 0.1) is 8.66 Å². The van der Waals surface area contributed by atoms with E-state index in [-0.39, 0.29) is 17.4 Å². The van der Waals surface area contributed by atoms with Crippen molar-refractivity contribution in [1.29, 1.82) is 0 Å².